The topological polar surface area (TPSA) is 251 Å². The van der Waals surface area contributed by atoms with Gasteiger partial charge in [-0.15, -0.1) is 46.9 Å². The Morgan fingerprint density at radius 1 is 0.438 bits per heavy atom. The van der Waals surface area contributed by atoms with Crippen molar-refractivity contribution >= 4 is 0 Å². The maximum atomic E-state index is 8.71. The smallest absolute Gasteiger partial charge is 0.0686 e. The van der Waals surface area contributed by atoms with Gasteiger partial charge in [0.25, 0.3) is 0 Å². The summed E-state index contributed by atoms with van der Waals surface area (Å²) in [6.07, 6.45) is 0. The van der Waals surface area contributed by atoms with Crippen molar-refractivity contribution in [1.82, 2.24) is 0 Å². The predicted octanol–water partition coefficient (Wildman–Crippen LogP) is -1.59. The molecule has 0 unspecified atom stereocenters. The minimum absolute atomic E-state index is 0. The second-order valence-electron chi connectivity index (χ2n) is 1.54. The zero-order valence-corrected chi connectivity index (χ0v) is 10.3. The third kappa shape index (κ3) is 4950. The Morgan fingerprint density at radius 2 is 0.438 bits per heavy atom. The molecule has 0 fully saturated rings. The molecule has 16 heteroatoms. The fourth-order valence-electron chi connectivity index (χ4n) is 0. The maximum absolute atomic E-state index is 8.71. The quantitative estimate of drug-likeness (QED) is 0.168. The van der Waals surface area contributed by atoms with E-state index in [4.69, 9.17) is 62.5 Å². The van der Waals surface area contributed by atoms with E-state index in [2.05, 4.69) is 0 Å². The average Bonchev–Trinajstić information content (AvgIpc) is 1.41. The molecule has 0 saturated heterocycles. The van der Waals surface area contributed by atoms with Crippen LogP contribution in [0.5, 0.6) is 0 Å². The van der Waals surface area contributed by atoms with Crippen LogP contribution in [0.25, 0.3) is 0 Å². The molecule has 9 N–H and O–H groups in total. The SMILES string of the molecule is [Nd].[O-][N+](O)(O)O.[O-][N+](O)(O)O.[O-][N+](O)(O)O. The van der Waals surface area contributed by atoms with E-state index in [9.17, 15) is 0 Å². The Hall–Kier alpha value is 0.751. The number of hydrogen-bond acceptors (Lipinski definition) is 12. The summed E-state index contributed by atoms with van der Waals surface area (Å²) in [4.78, 5) is 0. The van der Waals surface area contributed by atoms with E-state index >= 15 is 0 Å². The van der Waals surface area contributed by atoms with Gasteiger partial charge in [0.05, 0.1) is 15.4 Å². The van der Waals surface area contributed by atoms with Gasteiger partial charge in [-0.1, -0.05) is 0 Å². The first-order chi connectivity index (χ1) is 6.00. The van der Waals surface area contributed by atoms with Gasteiger partial charge in [-0.3, -0.25) is 0 Å². The Bertz CT molecular complexity index is 91.3. The molecule has 0 aromatic rings. The Balaban J connectivity index is -0.0000000655. The van der Waals surface area contributed by atoms with Crippen LogP contribution >= 0.6 is 0 Å². The maximum Gasteiger partial charge on any atom is 0.0686 e. The third-order valence-electron chi connectivity index (χ3n) is 0. The first kappa shape index (κ1) is 25.6. The molecule has 16 heavy (non-hydrogen) atoms. The zero-order valence-electron chi connectivity index (χ0n) is 7.09. The monoisotopic (exact) mass is 385 g/mol. The molecule has 0 aliphatic rings. The summed E-state index contributed by atoms with van der Waals surface area (Å²) in [5.41, 5.74) is 0. The molecule has 0 atom stereocenters. The molecule has 0 rings (SSSR count). The van der Waals surface area contributed by atoms with Crippen molar-refractivity contribution in [2.75, 3.05) is 0 Å². The van der Waals surface area contributed by atoms with Crippen LogP contribution in [0.1, 0.15) is 0 Å². The molecule has 0 heterocycles. The van der Waals surface area contributed by atoms with Crippen LogP contribution in [0.2, 0.25) is 0 Å². The van der Waals surface area contributed by atoms with E-state index in [1.807, 2.05) is 0 Å². The van der Waals surface area contributed by atoms with Crippen LogP contribution < -0.4 is 0 Å². The summed E-state index contributed by atoms with van der Waals surface area (Å²) in [6, 6.07) is 0. The van der Waals surface area contributed by atoms with Gasteiger partial charge in [0.2, 0.25) is 0 Å². The van der Waals surface area contributed by atoms with E-state index in [0.717, 1.165) is 0 Å². The summed E-state index contributed by atoms with van der Waals surface area (Å²) in [5.74, 6) is 0. The van der Waals surface area contributed by atoms with Crippen LogP contribution in [0.4, 0.5) is 0 Å². The zero-order chi connectivity index (χ0) is 13.5. The first-order valence-electron chi connectivity index (χ1n) is 2.35. The van der Waals surface area contributed by atoms with Gasteiger partial charge in [0, 0.05) is 40.8 Å². The predicted molar refractivity (Wildman–Crippen MR) is 27.0 cm³/mol. The minimum atomic E-state index is -3.25. The van der Waals surface area contributed by atoms with E-state index in [-0.39, 0.29) is 40.8 Å². The van der Waals surface area contributed by atoms with Crippen LogP contribution in [-0.4, -0.2) is 62.3 Å². The Labute approximate surface area is 118 Å². The molecule has 100 valence electrons. The Kier molecular flexibility index (Phi) is 15.6. The van der Waals surface area contributed by atoms with E-state index in [0.29, 0.717) is 0 Å². The summed E-state index contributed by atoms with van der Waals surface area (Å²) in [6.45, 7) is 0. The van der Waals surface area contributed by atoms with Crippen molar-refractivity contribution in [1.29, 1.82) is 0 Å². The average molecular weight is 387 g/mol. The minimum Gasteiger partial charge on any atom is -0.529 e. The summed E-state index contributed by atoms with van der Waals surface area (Å²) >= 11 is 0. The van der Waals surface area contributed by atoms with Gasteiger partial charge in [-0.05, 0) is 0 Å². The molecule has 0 aliphatic carbocycles. The molecule has 0 bridgehead atoms. The van der Waals surface area contributed by atoms with Crippen molar-refractivity contribution < 1.29 is 103 Å². The van der Waals surface area contributed by atoms with Crippen LogP contribution in [0.3, 0.4) is 0 Å². The van der Waals surface area contributed by atoms with Crippen molar-refractivity contribution in [3.8, 4) is 0 Å². The van der Waals surface area contributed by atoms with E-state index in [1.54, 1.807) is 0 Å². The van der Waals surface area contributed by atoms with Crippen molar-refractivity contribution in [3.63, 3.8) is 0 Å². The van der Waals surface area contributed by atoms with Crippen molar-refractivity contribution in [2.24, 2.45) is 0 Å². The standard InChI is InChI=1S/3H3NO4.Nd/c3*2-1(3,4)5;/h3*2-4H;. The normalized spacial score (nSPS) is 11.2. The van der Waals surface area contributed by atoms with Crippen molar-refractivity contribution in [2.45, 2.75) is 0 Å². The molecule has 0 aromatic heterocycles. The Morgan fingerprint density at radius 3 is 0.438 bits per heavy atom. The summed E-state index contributed by atoms with van der Waals surface area (Å²) in [7, 11) is 0. The number of rotatable bonds is 0. The van der Waals surface area contributed by atoms with Crippen LogP contribution in [-0.2, 0) is 0 Å². The molecule has 0 radical (unpaired) electrons. The van der Waals surface area contributed by atoms with Gasteiger partial charge >= 0.3 is 0 Å². The fraction of sp³-hybridized carbons (Fsp3) is 0. The van der Waals surface area contributed by atoms with Gasteiger partial charge in [0.15, 0.2) is 0 Å². The van der Waals surface area contributed by atoms with Gasteiger partial charge in [0.1, 0.15) is 0 Å². The number of nitrogens with zero attached hydrogens (tertiary/aromatic N) is 3. The van der Waals surface area contributed by atoms with Gasteiger partial charge < -0.3 is 15.6 Å². The fourth-order valence-corrected chi connectivity index (χ4v) is 0. The van der Waals surface area contributed by atoms with Gasteiger partial charge in [-0.2, -0.15) is 0 Å². The number of hydrogen-bond donors (Lipinski definition) is 9. The molecular weight excluding hydrogens is 378 g/mol. The van der Waals surface area contributed by atoms with Gasteiger partial charge in [-0.25, -0.2) is 0 Å². The van der Waals surface area contributed by atoms with E-state index < -0.39 is 15.4 Å². The second-order valence-corrected chi connectivity index (χ2v) is 1.54. The molecule has 0 spiro atoms. The summed E-state index contributed by atoms with van der Waals surface area (Å²) < 4.78 is 0. The second kappa shape index (κ2) is 9.75. The number of quaternary nitrogens is 3. The summed E-state index contributed by atoms with van der Waals surface area (Å²) in [5, 5.41) is 79.5. The van der Waals surface area contributed by atoms with Crippen LogP contribution in [0, 0.1) is 56.5 Å². The first-order valence-corrected chi connectivity index (χ1v) is 2.35. The molecular formula is H9N3NdO12. The van der Waals surface area contributed by atoms with E-state index in [1.165, 1.54) is 0 Å². The molecule has 15 nitrogen and oxygen atoms in total. The third-order valence-corrected chi connectivity index (χ3v) is 0. The largest absolute Gasteiger partial charge is 0.529 e. The molecule has 0 aliphatic heterocycles. The molecule has 0 saturated carbocycles. The molecule has 0 amide bonds. The van der Waals surface area contributed by atoms with Crippen molar-refractivity contribution in [3.05, 3.63) is 15.6 Å². The molecule has 0 aromatic carbocycles. The van der Waals surface area contributed by atoms with Crippen LogP contribution in [0.15, 0.2) is 0 Å².